The van der Waals surface area contributed by atoms with Gasteiger partial charge in [-0.15, -0.1) is 0 Å². The molecule has 0 bridgehead atoms. The van der Waals surface area contributed by atoms with Gasteiger partial charge < -0.3 is 134 Å². The Morgan fingerprint density at radius 2 is 0.725 bits per heavy atom. The van der Waals surface area contributed by atoms with Crippen molar-refractivity contribution in [3.63, 3.8) is 0 Å². The van der Waals surface area contributed by atoms with Gasteiger partial charge in [0.15, 0.2) is 11.6 Å². The molecule has 0 radical (unpaired) electrons. The summed E-state index contributed by atoms with van der Waals surface area (Å²) in [5.41, 5.74) is 0. The molecule has 0 aromatic rings. The van der Waals surface area contributed by atoms with E-state index in [-0.39, 0.29) is 24.5 Å². The van der Waals surface area contributed by atoms with Gasteiger partial charge in [-0.25, -0.2) is 9.59 Å². The number of aliphatic hydroxyl groups is 15. The molecule has 0 saturated heterocycles. The van der Waals surface area contributed by atoms with Crippen molar-refractivity contribution >= 4 is 120 Å². The molecule has 0 aliphatic rings. The Hall–Kier alpha value is -5.69. The minimum absolute atomic E-state index is 0.00174. The van der Waals surface area contributed by atoms with Crippen molar-refractivity contribution in [1.82, 2.24) is 37.2 Å². The Labute approximate surface area is 602 Å². The van der Waals surface area contributed by atoms with E-state index in [0.717, 1.165) is 10.8 Å². The summed E-state index contributed by atoms with van der Waals surface area (Å²) in [5, 5.41) is 194. The van der Waals surface area contributed by atoms with E-state index >= 15 is 0 Å². The zero-order valence-corrected chi connectivity index (χ0v) is 59.4. The smallest absolute Gasteiger partial charge is 0.406 e. The number of aliphatic hydroxyl groups excluding tert-OH is 15. The summed E-state index contributed by atoms with van der Waals surface area (Å²) in [6.45, 7) is -3.69. The van der Waals surface area contributed by atoms with Crippen LogP contribution in [-0.4, -0.2) is 336 Å². The third-order valence-corrected chi connectivity index (χ3v) is 20.2. The molecule has 588 valence electrons. The molecule has 39 nitrogen and oxygen atoms in total. The predicted molar refractivity (Wildman–Crippen MR) is 362 cm³/mol. The number of hydrogen-bond acceptors (Lipinski definition) is 33. The number of carbonyl (C=O) groups is 13. The van der Waals surface area contributed by atoms with Gasteiger partial charge in [-0.1, -0.05) is 50.1 Å². The van der Waals surface area contributed by atoms with Crippen LogP contribution in [-0.2, 0) is 62.3 Å². The molecule has 0 heterocycles. The Morgan fingerprint density at radius 3 is 1.06 bits per heavy atom. The second-order valence-corrected chi connectivity index (χ2v) is 28.7. The summed E-state index contributed by atoms with van der Waals surface area (Å²) < 4.78 is 4.90. The molecule has 0 aromatic heterocycles. The van der Waals surface area contributed by atoms with Crippen LogP contribution in [0, 0.1) is 17.8 Å². The molecular formula is C59H101N7O32S4. The maximum absolute atomic E-state index is 14.7. The first-order chi connectivity index (χ1) is 48.0. The van der Waals surface area contributed by atoms with Crippen LogP contribution in [0.1, 0.15) is 103 Å². The average Bonchev–Trinajstić information content (AvgIpc) is 0.862. The first-order valence-electron chi connectivity index (χ1n) is 32.3. The SMILES string of the molecule is CCCSSC[C@H](NC(=O)[C@H](CCC(=O)NC[C@H](O)[C@@H](O)[C@H](O)[C@H](O)CO)CC(=O)[C@H](CCC(=O)O)NC(=O)[C@H](CCC(=O)NC[C@H](O)[C@@H](O)[C@H](O)[C@H](O)CO)CC(=O)[C@H](CCC(=O)O)NC(=O)[C@H](CCC(=O)NC[C@H](O)[C@@H](O)[C@H](O)[C@H](O)CO)CC(=O)CCSSCCOC(=O)NC)C(=O)O. The number of carbonyl (C=O) groups excluding carboxylic acids is 10. The number of rotatable bonds is 60. The first kappa shape index (κ1) is 96.3. The second-order valence-electron chi connectivity index (χ2n) is 23.4. The van der Waals surface area contributed by atoms with Crippen LogP contribution in [0.2, 0.25) is 0 Å². The highest BCUT2D eigenvalue weighted by Crippen LogP contribution is 2.26. The van der Waals surface area contributed by atoms with E-state index in [0.29, 0.717) is 17.9 Å². The minimum atomic E-state index is -2.17. The number of nitrogens with one attached hydrogen (secondary N) is 7. The number of aliphatic carboxylic acids is 3. The highest BCUT2D eigenvalue weighted by molar-refractivity contribution is 8.77. The number of hydrogen-bond donors (Lipinski definition) is 25. The lowest BCUT2D eigenvalue weighted by Crippen LogP contribution is -2.50. The number of alkyl carbamates (subject to hydrolysis) is 1. The highest BCUT2D eigenvalue weighted by Gasteiger charge is 2.38. The largest absolute Gasteiger partial charge is 0.481 e. The van der Waals surface area contributed by atoms with Crippen LogP contribution < -0.4 is 37.2 Å². The fourth-order valence-corrected chi connectivity index (χ4v) is 13.1. The van der Waals surface area contributed by atoms with E-state index < -0.39 is 309 Å². The molecule has 18 atom stereocenters. The molecular weight excluding hydrogens is 1450 g/mol. The fourth-order valence-electron chi connectivity index (χ4n) is 8.99. The van der Waals surface area contributed by atoms with Crippen LogP contribution in [0.4, 0.5) is 4.79 Å². The molecule has 0 aromatic carbocycles. The monoisotopic (exact) mass is 1550 g/mol. The molecule has 43 heteroatoms. The van der Waals surface area contributed by atoms with Crippen molar-refractivity contribution < 1.29 is 159 Å². The Kier molecular flexibility index (Phi) is 51.0. The Morgan fingerprint density at radius 1 is 0.392 bits per heavy atom. The molecule has 7 amide bonds. The van der Waals surface area contributed by atoms with Crippen LogP contribution in [0.3, 0.4) is 0 Å². The third-order valence-electron chi connectivity index (χ3n) is 15.2. The molecule has 0 aliphatic carbocycles. The van der Waals surface area contributed by atoms with Crippen LogP contribution >= 0.6 is 43.2 Å². The van der Waals surface area contributed by atoms with Crippen LogP contribution in [0.5, 0.6) is 0 Å². The molecule has 25 N–H and O–H groups in total. The quantitative estimate of drug-likeness (QED) is 0.0199. The van der Waals surface area contributed by atoms with E-state index in [2.05, 4.69) is 37.2 Å². The number of carboxylic acids is 3. The molecule has 0 spiro atoms. The van der Waals surface area contributed by atoms with Crippen LogP contribution in [0.15, 0.2) is 0 Å². The average molecular weight is 1550 g/mol. The van der Waals surface area contributed by atoms with Gasteiger partial charge in [-0.05, 0) is 38.5 Å². The lowest BCUT2D eigenvalue weighted by atomic mass is 9.89. The van der Waals surface area contributed by atoms with Crippen molar-refractivity contribution in [3.8, 4) is 0 Å². The zero-order chi connectivity index (χ0) is 77.8. The molecule has 0 saturated carbocycles. The van der Waals surface area contributed by atoms with Crippen molar-refractivity contribution in [3.05, 3.63) is 0 Å². The Bertz CT molecular complexity index is 2610. The summed E-state index contributed by atoms with van der Waals surface area (Å²) >= 11 is 0. The van der Waals surface area contributed by atoms with E-state index in [1.54, 1.807) is 0 Å². The number of Topliss-reactive ketones (excluding diaryl/α,β-unsaturated/α-hetero) is 3. The van der Waals surface area contributed by atoms with Gasteiger partial charge in [0.1, 0.15) is 73.4 Å². The zero-order valence-electron chi connectivity index (χ0n) is 56.2. The van der Waals surface area contributed by atoms with E-state index in [1.807, 2.05) is 6.92 Å². The molecule has 0 rings (SSSR count). The van der Waals surface area contributed by atoms with Gasteiger partial charge in [-0.3, -0.25) is 52.7 Å². The predicted octanol–water partition coefficient (Wildman–Crippen LogP) is -8.10. The van der Waals surface area contributed by atoms with Gasteiger partial charge in [0.05, 0.1) is 50.2 Å². The summed E-state index contributed by atoms with van der Waals surface area (Å²) in [7, 11) is 6.09. The van der Waals surface area contributed by atoms with Crippen molar-refractivity contribution in [2.45, 2.75) is 195 Å². The lowest BCUT2D eigenvalue weighted by Gasteiger charge is -2.26. The van der Waals surface area contributed by atoms with Crippen molar-refractivity contribution in [2.24, 2.45) is 17.8 Å². The van der Waals surface area contributed by atoms with Gasteiger partial charge in [0.25, 0.3) is 0 Å². The summed E-state index contributed by atoms with van der Waals surface area (Å²) in [5.74, 6) is -18.4. The first-order valence-corrected chi connectivity index (χ1v) is 37.2. The molecule has 102 heavy (non-hydrogen) atoms. The van der Waals surface area contributed by atoms with E-state index in [1.165, 1.54) is 39.4 Å². The van der Waals surface area contributed by atoms with Gasteiger partial charge >= 0.3 is 24.0 Å². The van der Waals surface area contributed by atoms with Crippen LogP contribution in [0.25, 0.3) is 0 Å². The fraction of sp³-hybridized carbons (Fsp3) is 0.780. The summed E-state index contributed by atoms with van der Waals surface area (Å²) in [6.07, 6.45) is -34.6. The topological polar surface area (TPSA) is 679 Å². The summed E-state index contributed by atoms with van der Waals surface area (Å²) in [6, 6.07) is -5.47. The van der Waals surface area contributed by atoms with E-state index in [9.17, 15) is 144 Å². The van der Waals surface area contributed by atoms with Crippen molar-refractivity contribution in [1.29, 1.82) is 0 Å². The van der Waals surface area contributed by atoms with E-state index in [4.69, 9.17) is 14.9 Å². The standard InChI is InChI=1S/C59H101N7O32S4/c1-3-16-99-102-28-35(58(95)96)66-57(94)31(6-11-46(81)63-24-40(75)51(88)54(91)43(78)27-69)21-37(72)34(8-13-48(84)85)65-56(93)30(5-10-45(80)62-23-39(74)50(87)53(90)42(77)26-68)20-36(71)33(7-12-47(82)83)64-55(92)29(19-32(70)14-17-100-101-18-15-98-59(97)60-2)4-9-44(79)61-22-38(73)49(86)52(89)41(76)25-67/h29-31,33-35,38-43,49-54,67-69,73-78,86-91H,3-28H2,1-2H3,(H,60,97)(H,61,79)(H,62,80)(H,63,81)(H,64,92)(H,65,93)(H,66,94)(H,82,83)(H,84,85)(H,95,96)/t29-,30-,31-,33+,34+,35+,38+,39+,40+,41-,42-,43-,49-,50-,51-,52-,53-,54-/m1/s1. The number of ether oxygens (including phenoxy) is 1. The maximum Gasteiger partial charge on any atom is 0.406 e. The lowest BCUT2D eigenvalue weighted by molar-refractivity contribution is -0.142. The normalized spacial score (nSPS) is 16.8. The number of carboxylic acid groups (broad SMARTS) is 3. The minimum Gasteiger partial charge on any atom is -0.481 e. The number of ketones is 3. The Balaban J connectivity index is 7.60. The maximum atomic E-state index is 14.7. The molecule has 0 unspecified atom stereocenters. The van der Waals surface area contributed by atoms with Crippen molar-refractivity contribution in [2.75, 3.05) is 76.1 Å². The second kappa shape index (κ2) is 54.0. The van der Waals surface area contributed by atoms with Gasteiger partial charge in [0, 0.05) is 125 Å². The molecule has 0 aliphatic heterocycles. The highest BCUT2D eigenvalue weighted by atomic mass is 33.1. The number of amides is 7. The van der Waals surface area contributed by atoms with Gasteiger partial charge in [0.2, 0.25) is 35.4 Å². The van der Waals surface area contributed by atoms with Gasteiger partial charge in [-0.2, -0.15) is 0 Å². The third kappa shape index (κ3) is 40.5. The summed E-state index contributed by atoms with van der Waals surface area (Å²) in [4.78, 5) is 173. The molecule has 0 fully saturated rings.